The molecule has 1 atom stereocenters. The van der Waals surface area contributed by atoms with E-state index in [0.29, 0.717) is 0 Å². The number of hydrogen-bond acceptors (Lipinski definition) is 1. The van der Waals surface area contributed by atoms with Gasteiger partial charge in [-0.1, -0.05) is 24.8 Å². The van der Waals surface area contributed by atoms with Gasteiger partial charge in [0.25, 0.3) is 0 Å². The predicted molar refractivity (Wildman–Crippen MR) is 26.4 cm³/mol. The smallest absolute Gasteiger partial charge is 0.0801 e. The van der Waals surface area contributed by atoms with E-state index in [1.807, 2.05) is 0 Å². The fraction of sp³-hybridized carbons (Fsp3) is 1.00. The molecule has 0 aromatic heterocycles. The molecule has 0 aromatic rings. The fourth-order valence-corrected chi connectivity index (χ4v) is 0. The van der Waals surface area contributed by atoms with Crippen LogP contribution in [0.4, 0.5) is 0 Å². The highest BCUT2D eigenvalue weighted by Gasteiger charge is 1.35. The van der Waals surface area contributed by atoms with E-state index in [-0.39, 0.29) is 0 Å². The largest absolute Gasteiger partial charge is 0.310 e. The van der Waals surface area contributed by atoms with Gasteiger partial charge in [0, 0.05) is 0 Å². The molecule has 0 fully saturated rings. The summed E-state index contributed by atoms with van der Waals surface area (Å²) >= 11 is 0. The van der Waals surface area contributed by atoms with E-state index in [4.69, 9.17) is 4.57 Å². The highest BCUT2D eigenvalue weighted by molar-refractivity contribution is 7.00. The molecule has 0 heterocycles. The van der Waals surface area contributed by atoms with Gasteiger partial charge in [0.2, 0.25) is 0 Å². The van der Waals surface area contributed by atoms with Gasteiger partial charge in [-0.25, -0.2) is 0 Å². The Morgan fingerprint density at radius 1 is 1.40 bits per heavy atom. The van der Waals surface area contributed by atoms with E-state index in [0.717, 1.165) is 0 Å². The maximum absolute atomic E-state index is 8.17. The van der Waals surface area contributed by atoms with Gasteiger partial charge in [-0.2, -0.15) is 0 Å². The minimum absolute atomic E-state index is 1.17. The van der Waals surface area contributed by atoms with Crippen LogP contribution in [0, 0.1) is 0 Å². The minimum Gasteiger partial charge on any atom is -0.0801 e. The quantitative estimate of drug-likeness (QED) is 0.416. The maximum atomic E-state index is 8.17. The van der Waals surface area contributed by atoms with Crippen molar-refractivity contribution in [2.75, 3.05) is 0 Å². The van der Waals surface area contributed by atoms with Crippen LogP contribution in [0.3, 0.4) is 0 Å². The summed E-state index contributed by atoms with van der Waals surface area (Å²) in [7, 11) is 1.17. The lowest BCUT2D eigenvalue weighted by atomic mass is 10.6. The molecule has 0 N–H and O–H groups in total. The molecule has 0 aliphatic heterocycles. The third kappa shape index (κ3) is 1810. The molecule has 0 rings (SSSR count). The second kappa shape index (κ2) is 32.6. The van der Waals surface area contributed by atoms with E-state index >= 15 is 0 Å². The zero-order valence-corrected chi connectivity index (χ0v) is 4.85. The summed E-state index contributed by atoms with van der Waals surface area (Å²) in [4.78, 5) is 0. The lowest BCUT2D eigenvalue weighted by Gasteiger charge is -1.48. The summed E-state index contributed by atoms with van der Waals surface area (Å²) in [5, 5.41) is 0. The second-order valence-corrected chi connectivity index (χ2v) is 0.707. The third-order valence-electron chi connectivity index (χ3n) is 0. The Bertz CT molecular complexity index is 10.9. The van der Waals surface area contributed by atoms with E-state index in [2.05, 4.69) is 13.8 Å². The molecule has 0 spiro atoms. The predicted octanol–water partition coefficient (Wildman–Crippen LogP) is 1.62. The number of rotatable bonds is 0. The van der Waals surface area contributed by atoms with Crippen molar-refractivity contribution in [3.63, 3.8) is 0 Å². The van der Waals surface area contributed by atoms with Crippen molar-refractivity contribution in [1.29, 1.82) is 0 Å². The Kier molecular flexibility index (Phi) is 58.1. The van der Waals surface area contributed by atoms with Gasteiger partial charge < -0.3 is 0 Å². The fourth-order valence-electron chi connectivity index (χ4n) is 0. The summed E-state index contributed by atoms with van der Waals surface area (Å²) in [5.41, 5.74) is 0. The third-order valence-corrected chi connectivity index (χ3v) is 0. The first-order chi connectivity index (χ1) is 2.41. The monoisotopic (exact) mass is 93.0 g/mol. The van der Waals surface area contributed by atoms with E-state index < -0.39 is 0 Å². The molecule has 1 unspecified atom stereocenters. The summed E-state index contributed by atoms with van der Waals surface area (Å²) in [5.74, 6) is 0. The lowest BCUT2D eigenvalue weighted by Crippen LogP contribution is -1.27. The summed E-state index contributed by atoms with van der Waals surface area (Å²) in [6.45, 7) is 4.25. The van der Waals surface area contributed by atoms with E-state index in [9.17, 15) is 0 Å². The molecule has 0 bridgehead atoms. The van der Waals surface area contributed by atoms with Crippen molar-refractivity contribution in [3.8, 4) is 0 Å². The van der Waals surface area contributed by atoms with E-state index in [1.54, 1.807) is 0 Å². The Hall–Kier alpha value is 0.100. The van der Waals surface area contributed by atoms with Crippen molar-refractivity contribution in [2.24, 2.45) is 0 Å². The molecule has 0 aromatic carbocycles. The highest BCUT2D eigenvalue weighted by Crippen LogP contribution is 1.56. The molecular formula is C3H10OP+. The molecule has 0 aliphatic carbocycles. The summed E-state index contributed by atoms with van der Waals surface area (Å²) in [6, 6.07) is 0. The van der Waals surface area contributed by atoms with Gasteiger partial charge in [0.05, 0.1) is 0 Å². The second-order valence-electron chi connectivity index (χ2n) is 0.707. The SMILES string of the molecule is CCC.O=[PH2+]. The van der Waals surface area contributed by atoms with Crippen LogP contribution < -0.4 is 0 Å². The molecule has 1 nitrogen and oxygen atoms in total. The zero-order chi connectivity index (χ0) is 4.71. The zero-order valence-electron chi connectivity index (χ0n) is 3.69. The van der Waals surface area contributed by atoms with Crippen molar-refractivity contribution in [1.82, 2.24) is 0 Å². The van der Waals surface area contributed by atoms with Crippen LogP contribution in [0.2, 0.25) is 0 Å². The van der Waals surface area contributed by atoms with Crippen molar-refractivity contribution in [3.05, 3.63) is 0 Å². The van der Waals surface area contributed by atoms with Crippen LogP contribution >= 0.6 is 9.12 Å². The molecule has 5 heavy (non-hydrogen) atoms. The van der Waals surface area contributed by atoms with Crippen LogP contribution in [0.5, 0.6) is 0 Å². The Labute approximate surface area is 35.0 Å². The normalized spacial score (nSPS) is 4.40. The first-order valence-electron chi connectivity index (χ1n) is 1.65. The lowest BCUT2D eigenvalue weighted by molar-refractivity contribution is 0.607. The van der Waals surface area contributed by atoms with Crippen molar-refractivity contribution < 1.29 is 4.57 Å². The minimum atomic E-state index is 1.17. The van der Waals surface area contributed by atoms with Crippen LogP contribution in [0.1, 0.15) is 20.3 Å². The molecule has 0 saturated carbocycles. The molecule has 0 amide bonds. The van der Waals surface area contributed by atoms with Gasteiger partial charge >= 0.3 is 9.12 Å². The van der Waals surface area contributed by atoms with Crippen LogP contribution in [0.15, 0.2) is 0 Å². The van der Waals surface area contributed by atoms with E-state index in [1.165, 1.54) is 15.5 Å². The van der Waals surface area contributed by atoms with Crippen LogP contribution in [-0.2, 0) is 4.57 Å². The Morgan fingerprint density at radius 2 is 1.40 bits per heavy atom. The molecule has 0 saturated heterocycles. The molecule has 0 radical (unpaired) electrons. The maximum Gasteiger partial charge on any atom is 0.310 e. The molecular weight excluding hydrogens is 83.0 g/mol. The van der Waals surface area contributed by atoms with Gasteiger partial charge in [-0.05, 0) is 0 Å². The first kappa shape index (κ1) is 8.92. The average molecular weight is 93.1 g/mol. The van der Waals surface area contributed by atoms with Crippen molar-refractivity contribution >= 4 is 9.12 Å². The summed E-state index contributed by atoms with van der Waals surface area (Å²) < 4.78 is 8.17. The van der Waals surface area contributed by atoms with Crippen LogP contribution in [-0.4, -0.2) is 0 Å². The Morgan fingerprint density at radius 3 is 1.40 bits per heavy atom. The molecule has 0 aliphatic rings. The van der Waals surface area contributed by atoms with Gasteiger partial charge in [0.1, 0.15) is 0 Å². The van der Waals surface area contributed by atoms with Crippen molar-refractivity contribution in [2.45, 2.75) is 20.3 Å². The summed E-state index contributed by atoms with van der Waals surface area (Å²) in [6.07, 6.45) is 1.25. The van der Waals surface area contributed by atoms with Gasteiger partial charge in [0.15, 0.2) is 0 Å². The average Bonchev–Trinajstić information content (AvgIpc) is 1.46. The number of hydrogen-bond donors (Lipinski definition) is 0. The van der Waals surface area contributed by atoms with Crippen LogP contribution in [0.25, 0.3) is 0 Å². The Balaban J connectivity index is 0. The van der Waals surface area contributed by atoms with Gasteiger partial charge in [-0.3, -0.25) is 0 Å². The first-order valence-corrected chi connectivity index (χ1v) is 2.12. The highest BCUT2D eigenvalue weighted by atomic mass is 31.0. The molecule has 32 valence electrons. The van der Waals surface area contributed by atoms with Gasteiger partial charge in [-0.15, -0.1) is 0 Å². The standard InChI is InChI=1S/C3H8.H2OP/c1-3-2;1-2/h3H2,1-2H3;2H2/q;+1. The topological polar surface area (TPSA) is 17.1 Å². The molecule has 2 heteroatoms.